The third kappa shape index (κ3) is 3.92. The molecule has 0 radical (unpaired) electrons. The minimum atomic E-state index is -0.503. The molecule has 1 heterocycles. The first-order valence-corrected chi connectivity index (χ1v) is 7.66. The smallest absolute Gasteiger partial charge is 0.336 e. The van der Waals surface area contributed by atoms with E-state index in [0.29, 0.717) is 16.7 Å². The molecule has 0 aliphatic carbocycles. The van der Waals surface area contributed by atoms with Crippen molar-refractivity contribution >= 4 is 23.1 Å². The number of aryl methyl sites for hydroxylation is 1. The Bertz CT molecular complexity index is 1020. The number of phenolic OH excluding ortho intramolecular Hbond substituents is 1. The van der Waals surface area contributed by atoms with E-state index in [0.717, 1.165) is 10.9 Å². The molecule has 6 nitrogen and oxygen atoms in total. The summed E-state index contributed by atoms with van der Waals surface area (Å²) in [6, 6.07) is 13.4. The normalized spacial score (nSPS) is 11.1. The number of nitrogens with one attached hydrogen (secondary N) is 1. The summed E-state index contributed by atoms with van der Waals surface area (Å²) >= 11 is 0. The number of fused-ring (bicyclic) bond motifs is 1. The molecule has 1 amide bonds. The largest absolute Gasteiger partial charge is 0.507 e. The second-order valence-electron chi connectivity index (χ2n) is 5.62. The summed E-state index contributed by atoms with van der Waals surface area (Å²) in [7, 11) is 0. The van der Waals surface area contributed by atoms with Crippen molar-refractivity contribution in [3.8, 4) is 5.75 Å². The molecule has 126 valence electrons. The summed E-state index contributed by atoms with van der Waals surface area (Å²) in [5.74, 6) is -0.303. The number of nitrogens with zero attached hydrogens (tertiary/aromatic N) is 1. The highest BCUT2D eigenvalue weighted by Crippen LogP contribution is 2.19. The SMILES string of the molecule is Cc1ccc2oc(=O)cc(CC(=O)N/N=C/c3ccccc3O)c2c1. The van der Waals surface area contributed by atoms with Gasteiger partial charge in [0.1, 0.15) is 11.3 Å². The molecule has 3 rings (SSSR count). The van der Waals surface area contributed by atoms with Crippen LogP contribution >= 0.6 is 0 Å². The molecule has 0 saturated carbocycles. The highest BCUT2D eigenvalue weighted by molar-refractivity contribution is 5.88. The lowest BCUT2D eigenvalue weighted by atomic mass is 10.1. The first kappa shape index (κ1) is 16.4. The van der Waals surface area contributed by atoms with Crippen molar-refractivity contribution in [2.24, 2.45) is 5.10 Å². The Morgan fingerprint density at radius 2 is 2.04 bits per heavy atom. The van der Waals surface area contributed by atoms with Gasteiger partial charge in [-0.2, -0.15) is 5.10 Å². The van der Waals surface area contributed by atoms with E-state index in [-0.39, 0.29) is 18.1 Å². The summed E-state index contributed by atoms with van der Waals surface area (Å²) in [6.07, 6.45) is 1.35. The Labute approximate surface area is 143 Å². The minimum absolute atomic E-state index is 0.0103. The predicted molar refractivity (Wildman–Crippen MR) is 94.8 cm³/mol. The fourth-order valence-corrected chi connectivity index (χ4v) is 2.47. The summed E-state index contributed by atoms with van der Waals surface area (Å²) in [6.45, 7) is 1.92. The molecule has 3 aromatic rings. The molecule has 0 atom stereocenters. The number of carbonyl (C=O) groups is 1. The number of phenols is 1. The number of benzene rings is 2. The van der Waals surface area contributed by atoms with Gasteiger partial charge in [-0.1, -0.05) is 23.8 Å². The monoisotopic (exact) mass is 336 g/mol. The maximum atomic E-state index is 12.1. The second-order valence-corrected chi connectivity index (χ2v) is 5.62. The average Bonchev–Trinajstić information content (AvgIpc) is 2.57. The van der Waals surface area contributed by atoms with Crippen LogP contribution in [0.25, 0.3) is 11.0 Å². The lowest BCUT2D eigenvalue weighted by Crippen LogP contribution is -2.20. The lowest BCUT2D eigenvalue weighted by Gasteiger charge is -2.05. The molecule has 0 spiro atoms. The Hall–Kier alpha value is -3.41. The van der Waals surface area contributed by atoms with Crippen molar-refractivity contribution in [1.82, 2.24) is 5.43 Å². The standard InChI is InChI=1S/C19H16N2O4/c1-12-6-7-17-15(8-12)14(10-19(24)25-17)9-18(23)21-20-11-13-4-2-3-5-16(13)22/h2-8,10-11,22H,9H2,1H3,(H,21,23)/b20-11+. The predicted octanol–water partition coefficient (Wildman–Crippen LogP) is 2.50. The molecular formula is C19H16N2O4. The van der Waals surface area contributed by atoms with Gasteiger partial charge in [-0.3, -0.25) is 4.79 Å². The van der Waals surface area contributed by atoms with E-state index < -0.39 is 5.63 Å². The second kappa shape index (κ2) is 7.00. The molecule has 0 fully saturated rings. The van der Waals surface area contributed by atoms with E-state index in [1.54, 1.807) is 24.3 Å². The number of para-hydroxylation sites is 1. The topological polar surface area (TPSA) is 91.9 Å². The summed E-state index contributed by atoms with van der Waals surface area (Å²) in [4.78, 5) is 23.8. The molecule has 2 N–H and O–H groups in total. The van der Waals surface area contributed by atoms with Crippen molar-refractivity contribution in [2.45, 2.75) is 13.3 Å². The summed E-state index contributed by atoms with van der Waals surface area (Å²) in [5, 5.41) is 14.2. The van der Waals surface area contributed by atoms with E-state index in [2.05, 4.69) is 10.5 Å². The van der Waals surface area contributed by atoms with Crippen molar-refractivity contribution in [1.29, 1.82) is 0 Å². The van der Waals surface area contributed by atoms with Crippen molar-refractivity contribution in [2.75, 3.05) is 0 Å². The van der Waals surface area contributed by atoms with Crippen LogP contribution in [0.2, 0.25) is 0 Å². The van der Waals surface area contributed by atoms with Gasteiger partial charge in [0.05, 0.1) is 12.6 Å². The summed E-state index contributed by atoms with van der Waals surface area (Å²) < 4.78 is 5.15. The van der Waals surface area contributed by atoms with Gasteiger partial charge in [-0.15, -0.1) is 0 Å². The fourth-order valence-electron chi connectivity index (χ4n) is 2.47. The number of carbonyl (C=O) groups excluding carboxylic acids is 1. The molecule has 25 heavy (non-hydrogen) atoms. The van der Waals surface area contributed by atoms with Crippen LogP contribution in [0.4, 0.5) is 0 Å². The number of hydrazone groups is 1. The zero-order valence-corrected chi connectivity index (χ0v) is 13.5. The van der Waals surface area contributed by atoms with Crippen molar-refractivity contribution in [3.63, 3.8) is 0 Å². The van der Waals surface area contributed by atoms with Gasteiger partial charge in [-0.25, -0.2) is 10.2 Å². The van der Waals surface area contributed by atoms with Gasteiger partial charge in [-0.05, 0) is 36.8 Å². The molecule has 0 aliphatic heterocycles. The van der Waals surface area contributed by atoms with Gasteiger partial charge in [0.15, 0.2) is 0 Å². The first-order valence-electron chi connectivity index (χ1n) is 7.66. The maximum Gasteiger partial charge on any atom is 0.336 e. The van der Waals surface area contributed by atoms with Crippen LogP contribution in [0, 0.1) is 6.92 Å². The molecule has 1 aromatic heterocycles. The van der Waals surface area contributed by atoms with Crippen molar-refractivity contribution < 1.29 is 14.3 Å². The van der Waals surface area contributed by atoms with Crippen LogP contribution in [-0.2, 0) is 11.2 Å². The van der Waals surface area contributed by atoms with Crippen LogP contribution in [0.5, 0.6) is 5.75 Å². The van der Waals surface area contributed by atoms with Gasteiger partial charge < -0.3 is 9.52 Å². The summed E-state index contributed by atoms with van der Waals surface area (Å²) in [5.41, 5.74) is 4.40. The van der Waals surface area contributed by atoms with Gasteiger partial charge in [0.2, 0.25) is 5.91 Å². The van der Waals surface area contributed by atoms with Gasteiger partial charge in [0.25, 0.3) is 0 Å². The Balaban J connectivity index is 1.77. The highest BCUT2D eigenvalue weighted by atomic mass is 16.4. The number of amides is 1. The molecule has 2 aromatic carbocycles. The average molecular weight is 336 g/mol. The zero-order chi connectivity index (χ0) is 17.8. The zero-order valence-electron chi connectivity index (χ0n) is 13.5. The van der Waals surface area contributed by atoms with Crippen molar-refractivity contribution in [3.05, 3.63) is 75.6 Å². The van der Waals surface area contributed by atoms with Crippen LogP contribution < -0.4 is 11.1 Å². The number of rotatable bonds is 4. The van der Waals surface area contributed by atoms with Crippen LogP contribution in [-0.4, -0.2) is 17.2 Å². The fraction of sp³-hybridized carbons (Fsp3) is 0.105. The van der Waals surface area contributed by atoms with Crippen LogP contribution in [0.15, 0.2) is 62.8 Å². The molecule has 0 aliphatic rings. The van der Waals surface area contributed by atoms with E-state index in [4.69, 9.17) is 4.42 Å². The third-order valence-electron chi connectivity index (χ3n) is 3.66. The van der Waals surface area contributed by atoms with E-state index >= 15 is 0 Å². The minimum Gasteiger partial charge on any atom is -0.507 e. The molecule has 6 heteroatoms. The van der Waals surface area contributed by atoms with Crippen LogP contribution in [0.3, 0.4) is 0 Å². The number of hydrogen-bond donors (Lipinski definition) is 2. The third-order valence-corrected chi connectivity index (χ3v) is 3.66. The van der Waals surface area contributed by atoms with E-state index in [1.165, 1.54) is 18.3 Å². The quantitative estimate of drug-likeness (QED) is 0.435. The van der Waals surface area contributed by atoms with Gasteiger partial charge in [0, 0.05) is 17.0 Å². The van der Waals surface area contributed by atoms with Gasteiger partial charge >= 0.3 is 5.63 Å². The maximum absolute atomic E-state index is 12.1. The number of aromatic hydroxyl groups is 1. The molecular weight excluding hydrogens is 320 g/mol. The molecule has 0 unspecified atom stereocenters. The van der Waals surface area contributed by atoms with E-state index in [1.807, 2.05) is 19.1 Å². The van der Waals surface area contributed by atoms with Crippen LogP contribution in [0.1, 0.15) is 16.7 Å². The Kier molecular flexibility index (Phi) is 4.61. The highest BCUT2D eigenvalue weighted by Gasteiger charge is 2.10. The molecule has 0 saturated heterocycles. The first-order chi connectivity index (χ1) is 12.0. The number of hydrogen-bond acceptors (Lipinski definition) is 5. The van der Waals surface area contributed by atoms with E-state index in [9.17, 15) is 14.7 Å². The lowest BCUT2D eigenvalue weighted by molar-refractivity contribution is -0.120. The Morgan fingerprint density at radius 1 is 1.24 bits per heavy atom. The Morgan fingerprint density at radius 3 is 2.84 bits per heavy atom. The molecule has 0 bridgehead atoms.